The van der Waals surface area contributed by atoms with Crippen LogP contribution in [0.3, 0.4) is 0 Å². The molecule has 2 N–H and O–H groups in total. The zero-order chi connectivity index (χ0) is 11.1. The number of rotatable bonds is 5. The number of hydrogen-bond donors (Lipinski definition) is 2. The summed E-state index contributed by atoms with van der Waals surface area (Å²) in [6.45, 7) is 4.82. The van der Waals surface area contributed by atoms with Crippen LogP contribution in [0.1, 0.15) is 31.1 Å². The van der Waals surface area contributed by atoms with E-state index >= 15 is 0 Å². The molecule has 0 saturated heterocycles. The summed E-state index contributed by atoms with van der Waals surface area (Å²) in [4.78, 5) is 16.5. The zero-order valence-corrected chi connectivity index (χ0v) is 9.99. The van der Waals surface area contributed by atoms with E-state index in [1.165, 1.54) is 11.3 Å². The average molecular weight is 227 g/mol. The lowest BCUT2D eigenvalue weighted by atomic mass is 10.2. The number of aryl methyl sites for hydroxylation is 1. The number of urea groups is 1. The maximum absolute atomic E-state index is 11.3. The van der Waals surface area contributed by atoms with E-state index in [0.29, 0.717) is 5.13 Å². The number of anilines is 1. The molecule has 0 bridgehead atoms. The highest BCUT2D eigenvalue weighted by Crippen LogP contribution is 2.15. The summed E-state index contributed by atoms with van der Waals surface area (Å²) in [6, 6.07) is -0.166. The normalized spacial score (nSPS) is 10.0. The van der Waals surface area contributed by atoms with Crippen LogP contribution in [0, 0.1) is 6.92 Å². The number of thiazole rings is 1. The number of hydrogen-bond acceptors (Lipinski definition) is 3. The quantitative estimate of drug-likeness (QED) is 0.760. The van der Waals surface area contributed by atoms with Crippen molar-refractivity contribution in [3.63, 3.8) is 0 Å². The Bertz CT molecular complexity index is 311. The second-order valence-electron chi connectivity index (χ2n) is 3.36. The van der Waals surface area contributed by atoms with Gasteiger partial charge in [0.25, 0.3) is 0 Å². The fourth-order valence-corrected chi connectivity index (χ4v) is 1.79. The molecule has 0 saturated carbocycles. The third-order valence-electron chi connectivity index (χ3n) is 1.91. The van der Waals surface area contributed by atoms with Crippen LogP contribution in [0.15, 0.2) is 6.20 Å². The van der Waals surface area contributed by atoms with Crippen molar-refractivity contribution in [3.8, 4) is 0 Å². The highest BCUT2D eigenvalue weighted by molar-refractivity contribution is 7.15. The van der Waals surface area contributed by atoms with Crippen LogP contribution in [-0.2, 0) is 0 Å². The van der Waals surface area contributed by atoms with Crippen molar-refractivity contribution in [1.29, 1.82) is 0 Å². The Kier molecular flexibility index (Phi) is 5.10. The first kappa shape index (κ1) is 12.0. The van der Waals surface area contributed by atoms with Crippen molar-refractivity contribution < 1.29 is 4.79 Å². The molecule has 15 heavy (non-hydrogen) atoms. The third-order valence-corrected chi connectivity index (χ3v) is 2.74. The predicted octanol–water partition coefficient (Wildman–Crippen LogP) is 2.76. The molecular weight excluding hydrogens is 210 g/mol. The van der Waals surface area contributed by atoms with Crippen molar-refractivity contribution >= 4 is 22.5 Å². The van der Waals surface area contributed by atoms with E-state index in [9.17, 15) is 4.79 Å². The number of unbranched alkanes of at least 4 members (excludes halogenated alkanes) is 2. The molecule has 1 heterocycles. The van der Waals surface area contributed by atoms with Gasteiger partial charge in [-0.25, -0.2) is 9.78 Å². The minimum Gasteiger partial charge on any atom is -0.338 e. The van der Waals surface area contributed by atoms with Crippen LogP contribution in [0.2, 0.25) is 0 Å². The van der Waals surface area contributed by atoms with E-state index in [1.54, 1.807) is 6.20 Å². The zero-order valence-electron chi connectivity index (χ0n) is 9.17. The molecule has 4 nitrogen and oxygen atoms in total. The molecule has 0 atom stereocenters. The van der Waals surface area contributed by atoms with Crippen LogP contribution in [0.5, 0.6) is 0 Å². The molecule has 1 aromatic rings. The molecule has 0 spiro atoms. The first-order chi connectivity index (χ1) is 7.22. The summed E-state index contributed by atoms with van der Waals surface area (Å²) < 4.78 is 0. The monoisotopic (exact) mass is 227 g/mol. The van der Waals surface area contributed by atoms with Gasteiger partial charge in [-0.05, 0) is 13.3 Å². The lowest BCUT2D eigenvalue weighted by Crippen LogP contribution is -2.29. The fourth-order valence-electron chi connectivity index (χ4n) is 1.13. The van der Waals surface area contributed by atoms with E-state index < -0.39 is 0 Å². The summed E-state index contributed by atoms with van der Waals surface area (Å²) in [7, 11) is 0. The van der Waals surface area contributed by atoms with Gasteiger partial charge in [0.2, 0.25) is 0 Å². The lowest BCUT2D eigenvalue weighted by molar-refractivity contribution is 0.252. The van der Waals surface area contributed by atoms with Crippen LogP contribution in [-0.4, -0.2) is 17.6 Å². The van der Waals surface area contributed by atoms with Crippen molar-refractivity contribution in [2.75, 3.05) is 11.9 Å². The van der Waals surface area contributed by atoms with Crippen LogP contribution in [0.4, 0.5) is 9.93 Å². The van der Waals surface area contributed by atoms with Gasteiger partial charge >= 0.3 is 6.03 Å². The van der Waals surface area contributed by atoms with Crippen molar-refractivity contribution in [3.05, 3.63) is 11.1 Å². The number of carbonyl (C=O) groups is 1. The molecule has 0 aliphatic heterocycles. The highest BCUT2D eigenvalue weighted by Gasteiger charge is 2.03. The summed E-state index contributed by atoms with van der Waals surface area (Å²) in [5.41, 5.74) is 0. The van der Waals surface area contributed by atoms with Gasteiger partial charge in [-0.2, -0.15) is 0 Å². The molecule has 1 rings (SSSR count). The third kappa shape index (κ3) is 4.78. The maximum atomic E-state index is 11.3. The Morgan fingerprint density at radius 2 is 2.33 bits per heavy atom. The number of nitrogens with one attached hydrogen (secondary N) is 2. The molecule has 0 unspecified atom stereocenters. The van der Waals surface area contributed by atoms with Gasteiger partial charge in [0.05, 0.1) is 0 Å². The van der Waals surface area contributed by atoms with E-state index in [1.807, 2.05) is 6.92 Å². The standard InChI is InChI=1S/C10H17N3OS/c1-3-4-5-6-11-9(14)13-10-12-7-8(2)15-10/h7H,3-6H2,1-2H3,(H2,11,12,13,14). The Morgan fingerprint density at radius 3 is 2.93 bits per heavy atom. The Morgan fingerprint density at radius 1 is 1.53 bits per heavy atom. The molecule has 84 valence electrons. The molecule has 1 aromatic heterocycles. The van der Waals surface area contributed by atoms with Gasteiger partial charge in [-0.1, -0.05) is 19.8 Å². The van der Waals surface area contributed by atoms with Gasteiger partial charge in [0, 0.05) is 17.6 Å². The molecular formula is C10H17N3OS. The fraction of sp³-hybridized carbons (Fsp3) is 0.600. The van der Waals surface area contributed by atoms with Crippen molar-refractivity contribution in [1.82, 2.24) is 10.3 Å². The number of carbonyl (C=O) groups excluding carboxylic acids is 1. The van der Waals surface area contributed by atoms with Gasteiger partial charge < -0.3 is 5.32 Å². The van der Waals surface area contributed by atoms with Crippen molar-refractivity contribution in [2.45, 2.75) is 33.1 Å². The first-order valence-corrected chi connectivity index (χ1v) is 6.01. The minimum absolute atomic E-state index is 0.166. The number of amides is 2. The average Bonchev–Trinajstić information content (AvgIpc) is 2.59. The highest BCUT2D eigenvalue weighted by atomic mass is 32.1. The van der Waals surface area contributed by atoms with Crippen LogP contribution >= 0.6 is 11.3 Å². The largest absolute Gasteiger partial charge is 0.338 e. The summed E-state index contributed by atoms with van der Waals surface area (Å²) >= 11 is 1.48. The predicted molar refractivity (Wildman–Crippen MR) is 63.4 cm³/mol. The summed E-state index contributed by atoms with van der Waals surface area (Å²) in [5.74, 6) is 0. The minimum atomic E-state index is -0.166. The van der Waals surface area contributed by atoms with Crippen molar-refractivity contribution in [2.24, 2.45) is 0 Å². The Balaban J connectivity index is 2.18. The van der Waals surface area contributed by atoms with Gasteiger partial charge in [-0.3, -0.25) is 5.32 Å². The second-order valence-corrected chi connectivity index (χ2v) is 4.60. The smallest absolute Gasteiger partial charge is 0.321 e. The molecule has 0 fully saturated rings. The maximum Gasteiger partial charge on any atom is 0.321 e. The van der Waals surface area contributed by atoms with Gasteiger partial charge in [0.1, 0.15) is 0 Å². The molecule has 2 amide bonds. The lowest BCUT2D eigenvalue weighted by Gasteiger charge is -2.04. The van der Waals surface area contributed by atoms with E-state index in [0.717, 1.165) is 30.7 Å². The summed E-state index contributed by atoms with van der Waals surface area (Å²) in [5, 5.41) is 6.14. The molecule has 0 radical (unpaired) electrons. The molecule has 5 heteroatoms. The SMILES string of the molecule is CCCCCNC(=O)Nc1ncc(C)s1. The molecule has 0 aliphatic rings. The topological polar surface area (TPSA) is 54.0 Å². The van der Waals surface area contributed by atoms with E-state index in [2.05, 4.69) is 22.5 Å². The van der Waals surface area contributed by atoms with Gasteiger partial charge in [0.15, 0.2) is 5.13 Å². The van der Waals surface area contributed by atoms with Gasteiger partial charge in [-0.15, -0.1) is 11.3 Å². The Labute approximate surface area is 94.1 Å². The van der Waals surface area contributed by atoms with E-state index in [-0.39, 0.29) is 6.03 Å². The van der Waals surface area contributed by atoms with Crippen LogP contribution < -0.4 is 10.6 Å². The number of nitrogens with zero attached hydrogens (tertiary/aromatic N) is 1. The molecule has 0 aliphatic carbocycles. The number of aromatic nitrogens is 1. The Hall–Kier alpha value is -1.10. The molecule has 0 aromatic carbocycles. The van der Waals surface area contributed by atoms with E-state index in [4.69, 9.17) is 0 Å². The summed E-state index contributed by atoms with van der Waals surface area (Å²) in [6.07, 6.45) is 5.09. The first-order valence-electron chi connectivity index (χ1n) is 5.19. The second kappa shape index (κ2) is 6.40. The van der Waals surface area contributed by atoms with Crippen LogP contribution in [0.25, 0.3) is 0 Å².